The molecule has 0 aromatic rings. The van der Waals surface area contributed by atoms with E-state index in [2.05, 4.69) is 20.4 Å². The predicted octanol–water partition coefficient (Wildman–Crippen LogP) is 1.63. The second-order valence-corrected chi connectivity index (χ2v) is 9.36. The average molecular weight is 354 g/mol. The minimum atomic E-state index is -1.28. The number of fused-ring (bicyclic) bond motifs is 5. The van der Waals surface area contributed by atoms with Crippen molar-refractivity contribution in [1.29, 1.82) is 0 Å². The zero-order chi connectivity index (χ0) is 18.7. The predicted molar refractivity (Wildman–Crippen MR) is 94.8 cm³/mol. The second-order valence-electron chi connectivity index (χ2n) is 9.36. The van der Waals surface area contributed by atoms with Crippen molar-refractivity contribution in [3.05, 3.63) is 12.2 Å². The Hall–Kier alpha value is -0.460. The van der Waals surface area contributed by atoms with Crippen LogP contribution >= 0.6 is 0 Å². The Kier molecular flexibility index (Phi) is 4.87. The summed E-state index contributed by atoms with van der Waals surface area (Å²) in [5.74, 6) is 0.165. The van der Waals surface area contributed by atoms with E-state index in [0.29, 0.717) is 37.2 Å². The third-order valence-electron chi connectivity index (χ3n) is 7.15. The lowest BCUT2D eigenvalue weighted by Crippen LogP contribution is -2.60. The van der Waals surface area contributed by atoms with Gasteiger partial charge < -0.3 is 25.2 Å². The maximum Gasteiger partial charge on any atom is 0.0934 e. The lowest BCUT2D eigenvalue weighted by Gasteiger charge is -2.51. The fourth-order valence-electron chi connectivity index (χ4n) is 5.55. The Labute approximate surface area is 150 Å². The van der Waals surface area contributed by atoms with E-state index in [4.69, 9.17) is 4.74 Å². The van der Waals surface area contributed by atoms with Crippen LogP contribution in [-0.4, -0.2) is 56.0 Å². The fourth-order valence-corrected chi connectivity index (χ4v) is 5.55. The van der Waals surface area contributed by atoms with Gasteiger partial charge in [-0.25, -0.2) is 0 Å². The molecule has 9 atom stereocenters. The van der Waals surface area contributed by atoms with E-state index in [9.17, 15) is 20.4 Å². The fraction of sp³-hybridized carbons (Fsp3) is 0.900. The van der Waals surface area contributed by atoms with Crippen LogP contribution in [0.15, 0.2) is 12.2 Å². The minimum Gasteiger partial charge on any atom is -0.390 e. The molecule has 25 heavy (non-hydrogen) atoms. The SMILES string of the molecule is C=C1C[C@H]2O[C@H]([C@H]3[C@@H]2[C@](C)(O)[C@@H](O)C[C@@H]3C(C)C)C(C)(O)CC[C@@H]1O. The molecule has 5 nitrogen and oxygen atoms in total. The molecule has 2 saturated heterocycles. The van der Waals surface area contributed by atoms with Gasteiger partial charge >= 0.3 is 0 Å². The summed E-state index contributed by atoms with van der Waals surface area (Å²) in [6.45, 7) is 11.7. The van der Waals surface area contributed by atoms with Crippen LogP contribution in [0.25, 0.3) is 0 Å². The van der Waals surface area contributed by atoms with Crippen molar-refractivity contribution in [3.63, 3.8) is 0 Å². The molecule has 1 saturated carbocycles. The van der Waals surface area contributed by atoms with Gasteiger partial charge in [0.15, 0.2) is 0 Å². The quantitative estimate of drug-likeness (QED) is 0.537. The van der Waals surface area contributed by atoms with Gasteiger partial charge in [0.25, 0.3) is 0 Å². The van der Waals surface area contributed by atoms with E-state index in [1.807, 2.05) is 0 Å². The minimum absolute atomic E-state index is 0.0264. The molecule has 4 N–H and O–H groups in total. The molecule has 5 heteroatoms. The smallest absolute Gasteiger partial charge is 0.0934 e. The maximum absolute atomic E-state index is 11.2. The number of rotatable bonds is 1. The summed E-state index contributed by atoms with van der Waals surface area (Å²) in [5, 5.41) is 43.2. The first kappa shape index (κ1) is 19.3. The molecule has 2 aliphatic heterocycles. The first-order chi connectivity index (χ1) is 11.5. The molecule has 3 rings (SSSR count). The van der Waals surface area contributed by atoms with E-state index in [1.165, 1.54) is 0 Å². The van der Waals surface area contributed by atoms with Crippen molar-refractivity contribution >= 4 is 0 Å². The lowest BCUT2D eigenvalue weighted by atomic mass is 9.56. The van der Waals surface area contributed by atoms with E-state index >= 15 is 0 Å². The molecule has 1 unspecified atom stereocenters. The van der Waals surface area contributed by atoms with Crippen molar-refractivity contribution in [2.45, 2.75) is 89.0 Å². The maximum atomic E-state index is 11.2. The van der Waals surface area contributed by atoms with Gasteiger partial charge in [0.1, 0.15) is 0 Å². The van der Waals surface area contributed by atoms with Crippen molar-refractivity contribution in [2.75, 3.05) is 0 Å². The Balaban J connectivity index is 2.07. The van der Waals surface area contributed by atoms with E-state index in [1.54, 1.807) is 13.8 Å². The van der Waals surface area contributed by atoms with Gasteiger partial charge in [-0.15, -0.1) is 0 Å². The van der Waals surface area contributed by atoms with Crippen molar-refractivity contribution in [3.8, 4) is 0 Å². The molecule has 0 aromatic heterocycles. The zero-order valence-electron chi connectivity index (χ0n) is 15.9. The topological polar surface area (TPSA) is 90.2 Å². The van der Waals surface area contributed by atoms with Crippen LogP contribution < -0.4 is 0 Å². The highest BCUT2D eigenvalue weighted by Crippen LogP contribution is 2.56. The van der Waals surface area contributed by atoms with Crippen molar-refractivity contribution < 1.29 is 25.2 Å². The Morgan fingerprint density at radius 1 is 1.20 bits per heavy atom. The number of hydrogen-bond acceptors (Lipinski definition) is 5. The van der Waals surface area contributed by atoms with Crippen molar-refractivity contribution in [2.24, 2.45) is 23.7 Å². The molecule has 2 bridgehead atoms. The highest BCUT2D eigenvalue weighted by Gasteiger charge is 2.64. The van der Waals surface area contributed by atoms with Gasteiger partial charge in [0.05, 0.1) is 35.6 Å². The molecular formula is C20H34O5. The second kappa shape index (κ2) is 6.31. The molecule has 1 aliphatic carbocycles. The highest BCUT2D eigenvalue weighted by atomic mass is 16.5. The Morgan fingerprint density at radius 3 is 2.44 bits per heavy atom. The first-order valence-corrected chi connectivity index (χ1v) is 9.60. The van der Waals surface area contributed by atoms with E-state index in [0.717, 1.165) is 0 Å². The van der Waals surface area contributed by atoms with Gasteiger partial charge in [0.2, 0.25) is 0 Å². The summed E-state index contributed by atoms with van der Waals surface area (Å²) < 4.78 is 6.33. The van der Waals surface area contributed by atoms with E-state index < -0.39 is 29.5 Å². The van der Waals surface area contributed by atoms with Crippen LogP contribution in [0.5, 0.6) is 0 Å². The summed E-state index contributed by atoms with van der Waals surface area (Å²) >= 11 is 0. The number of hydrogen-bond donors (Lipinski definition) is 4. The van der Waals surface area contributed by atoms with Gasteiger partial charge in [0, 0.05) is 5.92 Å². The van der Waals surface area contributed by atoms with Crippen LogP contribution in [0.3, 0.4) is 0 Å². The largest absolute Gasteiger partial charge is 0.390 e. The van der Waals surface area contributed by atoms with Gasteiger partial charge in [-0.3, -0.25) is 0 Å². The highest BCUT2D eigenvalue weighted by molar-refractivity contribution is 5.16. The van der Waals surface area contributed by atoms with Gasteiger partial charge in [-0.2, -0.15) is 0 Å². The van der Waals surface area contributed by atoms with Crippen LogP contribution in [0.2, 0.25) is 0 Å². The molecular weight excluding hydrogens is 320 g/mol. The Bertz CT molecular complexity index is 526. The molecule has 2 heterocycles. The summed E-state index contributed by atoms with van der Waals surface area (Å²) in [5.41, 5.74) is -1.69. The summed E-state index contributed by atoms with van der Waals surface area (Å²) in [6.07, 6.45) is -0.422. The summed E-state index contributed by atoms with van der Waals surface area (Å²) in [4.78, 5) is 0. The third-order valence-corrected chi connectivity index (χ3v) is 7.15. The number of aliphatic hydroxyl groups excluding tert-OH is 2. The van der Waals surface area contributed by atoms with Crippen LogP contribution in [-0.2, 0) is 4.74 Å². The molecule has 0 amide bonds. The number of aliphatic hydroxyl groups is 4. The normalized spacial score (nSPS) is 54.0. The van der Waals surface area contributed by atoms with Crippen LogP contribution in [0.4, 0.5) is 0 Å². The summed E-state index contributed by atoms with van der Waals surface area (Å²) in [6, 6.07) is 0. The van der Waals surface area contributed by atoms with Crippen LogP contribution in [0.1, 0.15) is 53.4 Å². The molecule has 144 valence electrons. The Morgan fingerprint density at radius 2 is 1.84 bits per heavy atom. The standard InChI is InChI=1S/C20H34O5/c1-10(2)12-9-15(22)20(5,24)17-14-8-11(3)13(21)6-7-19(4,23)18(25-14)16(12)17/h10,12-18,21-24H,3,6-9H2,1-2,4-5H3/t12-,13+,14-,15+,16-,17-,18-,19?,20-/m1/s1. The van der Waals surface area contributed by atoms with E-state index in [-0.39, 0.29) is 23.9 Å². The monoisotopic (exact) mass is 354 g/mol. The average Bonchev–Trinajstić information content (AvgIpc) is 2.89. The summed E-state index contributed by atoms with van der Waals surface area (Å²) in [7, 11) is 0. The lowest BCUT2D eigenvalue weighted by molar-refractivity contribution is -0.169. The molecule has 0 radical (unpaired) electrons. The molecule has 3 aliphatic rings. The third kappa shape index (κ3) is 3.08. The van der Waals surface area contributed by atoms with Crippen molar-refractivity contribution in [1.82, 2.24) is 0 Å². The molecule has 0 aromatic carbocycles. The van der Waals surface area contributed by atoms with Gasteiger partial charge in [-0.1, -0.05) is 20.4 Å². The van der Waals surface area contributed by atoms with Gasteiger partial charge in [-0.05, 0) is 62.9 Å². The molecule has 0 spiro atoms. The number of ether oxygens (including phenoxy) is 1. The zero-order valence-corrected chi connectivity index (χ0v) is 15.9. The molecule has 3 fully saturated rings. The van der Waals surface area contributed by atoms with Crippen LogP contribution in [0, 0.1) is 23.7 Å². The first-order valence-electron chi connectivity index (χ1n) is 9.60.